The van der Waals surface area contributed by atoms with Crippen LogP contribution in [0.25, 0.3) is 17.4 Å². The van der Waals surface area contributed by atoms with Crippen molar-refractivity contribution >= 4 is 46.3 Å². The van der Waals surface area contributed by atoms with E-state index in [4.69, 9.17) is 35.6 Å². The molecule has 1 aliphatic heterocycles. The molecule has 40 heavy (non-hydrogen) atoms. The van der Waals surface area contributed by atoms with Crippen molar-refractivity contribution in [3.8, 4) is 28.6 Å². The van der Waals surface area contributed by atoms with Gasteiger partial charge in [0.15, 0.2) is 18.1 Å². The molecule has 0 N–H and O–H groups in total. The van der Waals surface area contributed by atoms with Crippen molar-refractivity contribution in [3.05, 3.63) is 34.9 Å². The molecule has 4 aliphatic carbocycles. The summed E-state index contributed by atoms with van der Waals surface area (Å²) in [7, 11) is 3.02. The first-order valence-corrected chi connectivity index (χ1v) is 15.0. The summed E-state index contributed by atoms with van der Waals surface area (Å²) in [4.78, 5) is 28.0. The van der Waals surface area contributed by atoms with Crippen molar-refractivity contribution in [2.75, 3.05) is 27.4 Å². The van der Waals surface area contributed by atoms with E-state index in [-0.39, 0.29) is 25.2 Å². The lowest BCUT2D eigenvalue weighted by molar-refractivity contribution is -0.145. The van der Waals surface area contributed by atoms with Crippen LogP contribution in [-0.2, 0) is 14.3 Å². The molecule has 4 saturated carbocycles. The van der Waals surface area contributed by atoms with E-state index in [0.717, 1.165) is 11.8 Å². The molecule has 1 amide bonds. The average molecular weight is 584 g/mol. The molecule has 5 fully saturated rings. The normalized spacial score (nSPS) is 27.9. The lowest BCUT2D eigenvalue weighted by Crippen LogP contribution is -2.57. The molecule has 10 heteroatoms. The number of hydrogen-bond donors (Lipinski definition) is 0. The van der Waals surface area contributed by atoms with E-state index in [9.17, 15) is 9.59 Å². The van der Waals surface area contributed by atoms with Gasteiger partial charge in [0.25, 0.3) is 5.91 Å². The van der Waals surface area contributed by atoms with Gasteiger partial charge in [-0.1, -0.05) is 24.0 Å². The van der Waals surface area contributed by atoms with Gasteiger partial charge < -0.3 is 23.4 Å². The van der Waals surface area contributed by atoms with Crippen LogP contribution in [0.15, 0.2) is 33.6 Å². The van der Waals surface area contributed by atoms with Gasteiger partial charge in [0.1, 0.15) is 15.8 Å². The Morgan fingerprint density at radius 1 is 1.07 bits per heavy atom. The lowest BCUT2D eigenvalue weighted by atomic mass is 9.54. The Morgan fingerprint density at radius 3 is 2.42 bits per heavy atom. The highest BCUT2D eigenvalue weighted by molar-refractivity contribution is 8.26. The van der Waals surface area contributed by atoms with Gasteiger partial charge in [-0.05, 0) is 87.0 Å². The molecule has 0 atom stereocenters. The molecular formula is C30H33NO7S2. The van der Waals surface area contributed by atoms with Crippen LogP contribution in [0, 0.1) is 23.7 Å². The minimum atomic E-state index is -0.486. The van der Waals surface area contributed by atoms with Gasteiger partial charge in [0.05, 0.1) is 25.7 Å². The topological polar surface area (TPSA) is 87.4 Å². The van der Waals surface area contributed by atoms with E-state index in [1.165, 1.54) is 58.1 Å². The number of nitrogens with zero attached hydrogens (tertiary/aromatic N) is 1. The van der Waals surface area contributed by atoms with E-state index in [0.29, 0.717) is 55.4 Å². The van der Waals surface area contributed by atoms with Crippen molar-refractivity contribution in [2.45, 2.75) is 45.1 Å². The summed E-state index contributed by atoms with van der Waals surface area (Å²) in [5.74, 6) is 4.50. The number of furan rings is 1. The number of rotatable bonds is 9. The van der Waals surface area contributed by atoms with Gasteiger partial charge in [-0.25, -0.2) is 4.79 Å². The summed E-state index contributed by atoms with van der Waals surface area (Å²) >= 11 is 7.10. The van der Waals surface area contributed by atoms with Crippen LogP contribution in [0.4, 0.5) is 0 Å². The Morgan fingerprint density at radius 2 is 1.77 bits per heavy atom. The predicted octanol–water partition coefficient (Wildman–Crippen LogP) is 5.93. The molecule has 1 aromatic carbocycles. The highest BCUT2D eigenvalue weighted by atomic mass is 32.2. The zero-order chi connectivity index (χ0) is 28.0. The van der Waals surface area contributed by atoms with E-state index >= 15 is 0 Å². The number of methoxy groups -OCH3 is 2. The third-order valence-electron chi connectivity index (χ3n) is 8.58. The van der Waals surface area contributed by atoms with Crippen molar-refractivity contribution in [1.29, 1.82) is 0 Å². The van der Waals surface area contributed by atoms with Gasteiger partial charge in [0.2, 0.25) is 5.75 Å². The quantitative estimate of drug-likeness (QED) is 0.202. The Balaban J connectivity index is 1.22. The van der Waals surface area contributed by atoms with Gasteiger partial charge in [-0.15, -0.1) is 0 Å². The summed E-state index contributed by atoms with van der Waals surface area (Å²) < 4.78 is 28.4. The van der Waals surface area contributed by atoms with Crippen LogP contribution >= 0.6 is 24.0 Å². The second-order valence-corrected chi connectivity index (χ2v) is 12.7. The number of amides is 1. The van der Waals surface area contributed by atoms with Gasteiger partial charge in [-0.2, -0.15) is 0 Å². The summed E-state index contributed by atoms with van der Waals surface area (Å²) in [6.07, 6.45) is 8.06. The summed E-state index contributed by atoms with van der Waals surface area (Å²) in [6, 6.07) is 7.36. The van der Waals surface area contributed by atoms with Crippen LogP contribution < -0.4 is 14.2 Å². The third kappa shape index (κ3) is 5.00. The van der Waals surface area contributed by atoms with Gasteiger partial charge in [0, 0.05) is 17.7 Å². The molecule has 2 heterocycles. The fourth-order valence-electron chi connectivity index (χ4n) is 7.29. The predicted molar refractivity (Wildman–Crippen MR) is 155 cm³/mol. The molecule has 0 spiro atoms. The molecule has 8 nitrogen and oxygen atoms in total. The van der Waals surface area contributed by atoms with Crippen molar-refractivity contribution in [1.82, 2.24) is 4.90 Å². The van der Waals surface area contributed by atoms with Crippen molar-refractivity contribution < 1.29 is 33.0 Å². The number of esters is 1. The highest BCUT2D eigenvalue weighted by Gasteiger charge is 2.53. The number of hydrogen-bond acceptors (Lipinski definition) is 9. The first-order chi connectivity index (χ1) is 19.4. The number of thioether (sulfide) groups is 1. The number of carbonyl (C=O) groups excluding carboxylic acids is 2. The maximum Gasteiger partial charge on any atom is 0.344 e. The standard InChI is InChI=1S/C30H33NO7S2/c1-4-36-26(32)15-37-24-13-18(12-23(34-2)28(24)35-3)22-6-5-21(38-22)14-25-29(33)31(30(39)40-25)27-19-8-16-7-17(10-19)11-20(27)9-16/h5-6,12-14,16-17,19-20,27H,4,7-11,15H2,1-3H3/b25-14-. The summed E-state index contributed by atoms with van der Waals surface area (Å²) in [5, 5.41) is 0. The van der Waals surface area contributed by atoms with Gasteiger partial charge in [-0.3, -0.25) is 9.69 Å². The number of carbonyl (C=O) groups is 2. The average Bonchev–Trinajstić information content (AvgIpc) is 3.51. The zero-order valence-electron chi connectivity index (χ0n) is 22.8. The summed E-state index contributed by atoms with van der Waals surface area (Å²) in [6.45, 7) is 1.73. The van der Waals surface area contributed by atoms with Crippen molar-refractivity contribution in [3.63, 3.8) is 0 Å². The fraction of sp³-hybridized carbons (Fsp3) is 0.500. The first-order valence-electron chi connectivity index (χ1n) is 13.8. The molecule has 4 bridgehead atoms. The molecule has 212 valence electrons. The number of ether oxygens (including phenoxy) is 4. The Hall–Kier alpha value is -2.98. The Kier molecular flexibility index (Phi) is 7.56. The Bertz CT molecular complexity index is 1340. The molecule has 7 rings (SSSR count). The van der Waals surface area contributed by atoms with Crippen LogP contribution in [0.5, 0.6) is 17.2 Å². The smallest absolute Gasteiger partial charge is 0.344 e. The number of benzene rings is 1. The second kappa shape index (κ2) is 11.1. The Labute approximate surface area is 243 Å². The molecule has 1 saturated heterocycles. The zero-order valence-corrected chi connectivity index (χ0v) is 24.5. The maximum atomic E-state index is 13.6. The van der Waals surface area contributed by atoms with Crippen LogP contribution in [0.2, 0.25) is 0 Å². The van der Waals surface area contributed by atoms with Crippen LogP contribution in [-0.4, -0.2) is 54.6 Å². The molecule has 0 radical (unpaired) electrons. The molecular weight excluding hydrogens is 550 g/mol. The molecule has 0 unspecified atom stereocenters. The highest BCUT2D eigenvalue weighted by Crippen LogP contribution is 2.56. The van der Waals surface area contributed by atoms with Crippen LogP contribution in [0.3, 0.4) is 0 Å². The molecule has 1 aromatic heterocycles. The van der Waals surface area contributed by atoms with Crippen molar-refractivity contribution in [2.24, 2.45) is 23.7 Å². The largest absolute Gasteiger partial charge is 0.493 e. The van der Waals surface area contributed by atoms with Gasteiger partial charge >= 0.3 is 5.97 Å². The molecule has 5 aliphatic rings. The number of thiocarbonyl (C=S) groups is 1. The lowest BCUT2D eigenvalue weighted by Gasteiger charge is -2.56. The second-order valence-electron chi connectivity index (χ2n) is 11.0. The van der Waals surface area contributed by atoms with E-state index in [1.807, 2.05) is 17.0 Å². The maximum absolute atomic E-state index is 13.6. The van der Waals surface area contributed by atoms with E-state index in [2.05, 4.69) is 0 Å². The third-order valence-corrected chi connectivity index (χ3v) is 9.91. The monoisotopic (exact) mass is 583 g/mol. The molecule has 2 aromatic rings. The minimum Gasteiger partial charge on any atom is -0.493 e. The fourth-order valence-corrected chi connectivity index (χ4v) is 8.61. The summed E-state index contributed by atoms with van der Waals surface area (Å²) in [5.41, 5.74) is 0.664. The minimum absolute atomic E-state index is 0.00816. The first kappa shape index (κ1) is 27.2. The van der Waals surface area contributed by atoms with E-state index < -0.39 is 5.97 Å². The van der Waals surface area contributed by atoms with E-state index in [1.54, 1.807) is 25.1 Å². The van der Waals surface area contributed by atoms with Crippen LogP contribution in [0.1, 0.15) is 44.8 Å². The SMILES string of the molecule is CCOC(=O)COc1cc(-c2ccc(/C=C3\SC(=S)N(C4C5CC6CC(C5)CC4C6)C3=O)o2)cc(OC)c1OC.